The van der Waals surface area contributed by atoms with Gasteiger partial charge in [-0.25, -0.2) is 8.42 Å². The average molecular weight is 474 g/mol. The predicted molar refractivity (Wildman–Crippen MR) is 126 cm³/mol. The molecule has 4 rings (SSSR count). The molecule has 0 aliphatic carbocycles. The largest absolute Gasteiger partial charge is 0.360 e. The Labute approximate surface area is 197 Å². The van der Waals surface area contributed by atoms with Gasteiger partial charge in [0.05, 0.1) is 5.92 Å². The van der Waals surface area contributed by atoms with Gasteiger partial charge in [-0.3, -0.25) is 4.79 Å². The van der Waals surface area contributed by atoms with Crippen molar-refractivity contribution < 1.29 is 17.7 Å². The molecule has 1 amide bonds. The zero-order chi connectivity index (χ0) is 23.6. The van der Waals surface area contributed by atoms with Crippen molar-refractivity contribution in [2.75, 3.05) is 26.2 Å². The third-order valence-electron chi connectivity index (χ3n) is 7.19. The quantitative estimate of drug-likeness (QED) is 0.636. The highest BCUT2D eigenvalue weighted by molar-refractivity contribution is 7.89. The Balaban J connectivity index is 1.31. The molecule has 2 aromatic rings. The van der Waals surface area contributed by atoms with Crippen LogP contribution in [-0.2, 0) is 21.2 Å². The molecule has 1 aromatic carbocycles. The van der Waals surface area contributed by atoms with Crippen molar-refractivity contribution in [3.05, 3.63) is 46.8 Å². The fraction of sp³-hybridized carbons (Fsp3) is 0.600. The summed E-state index contributed by atoms with van der Waals surface area (Å²) in [6.07, 6.45) is 5.69. The number of amides is 1. The van der Waals surface area contributed by atoms with Crippen molar-refractivity contribution in [3.8, 4) is 0 Å². The van der Waals surface area contributed by atoms with Crippen molar-refractivity contribution in [1.29, 1.82) is 0 Å². The molecule has 180 valence electrons. The summed E-state index contributed by atoms with van der Waals surface area (Å²) < 4.78 is 32.9. The van der Waals surface area contributed by atoms with E-state index in [0.717, 1.165) is 45.2 Å². The molecule has 2 aliphatic rings. The van der Waals surface area contributed by atoms with Crippen LogP contribution >= 0.6 is 0 Å². The van der Waals surface area contributed by atoms with Crippen LogP contribution in [0.5, 0.6) is 0 Å². The van der Waals surface area contributed by atoms with Gasteiger partial charge in [0, 0.05) is 26.2 Å². The molecule has 0 bridgehead atoms. The molecule has 0 saturated carbocycles. The van der Waals surface area contributed by atoms with Crippen LogP contribution in [0, 0.1) is 32.6 Å². The SMILES string of the molecule is Cc1ccc(CCC2CCN(C(=O)C3CCCN(S(=O)(=O)c4c(C)noc4C)C3)CC2)cc1. The molecule has 1 aromatic heterocycles. The highest BCUT2D eigenvalue weighted by Gasteiger charge is 2.38. The first kappa shape index (κ1) is 24.0. The fourth-order valence-electron chi connectivity index (χ4n) is 5.16. The summed E-state index contributed by atoms with van der Waals surface area (Å²) in [6.45, 7) is 7.56. The van der Waals surface area contributed by atoms with Crippen LogP contribution < -0.4 is 0 Å². The van der Waals surface area contributed by atoms with Crippen molar-refractivity contribution in [2.24, 2.45) is 11.8 Å². The summed E-state index contributed by atoms with van der Waals surface area (Å²) in [5, 5.41) is 3.79. The fourth-order valence-corrected chi connectivity index (χ4v) is 6.98. The molecule has 2 fully saturated rings. The van der Waals surface area contributed by atoms with Crippen LogP contribution in [0.25, 0.3) is 0 Å². The lowest BCUT2D eigenvalue weighted by Crippen LogP contribution is -2.48. The minimum absolute atomic E-state index is 0.102. The molecule has 3 heterocycles. The third-order valence-corrected chi connectivity index (χ3v) is 9.30. The zero-order valence-electron chi connectivity index (χ0n) is 19.9. The number of aryl methyl sites for hydroxylation is 4. The lowest BCUT2D eigenvalue weighted by atomic mass is 9.89. The number of sulfonamides is 1. The number of likely N-dealkylation sites (tertiary alicyclic amines) is 1. The summed E-state index contributed by atoms with van der Waals surface area (Å²) in [5.41, 5.74) is 3.03. The number of aromatic nitrogens is 1. The number of rotatable bonds is 6. The lowest BCUT2D eigenvalue weighted by Gasteiger charge is -2.37. The molecule has 33 heavy (non-hydrogen) atoms. The molecular weight excluding hydrogens is 438 g/mol. The highest BCUT2D eigenvalue weighted by Crippen LogP contribution is 2.30. The maximum Gasteiger partial charge on any atom is 0.248 e. The second-order valence-electron chi connectivity index (χ2n) is 9.65. The first-order chi connectivity index (χ1) is 15.8. The van der Waals surface area contributed by atoms with Crippen LogP contribution in [-0.4, -0.2) is 54.9 Å². The van der Waals surface area contributed by atoms with E-state index >= 15 is 0 Å². The molecule has 8 heteroatoms. The summed E-state index contributed by atoms with van der Waals surface area (Å²) in [5.74, 6) is 0.760. The van der Waals surface area contributed by atoms with Gasteiger partial charge in [0.2, 0.25) is 15.9 Å². The molecule has 0 radical (unpaired) electrons. The zero-order valence-corrected chi connectivity index (χ0v) is 20.7. The molecular formula is C25H35N3O4S. The van der Waals surface area contributed by atoms with E-state index in [2.05, 4.69) is 36.3 Å². The Morgan fingerprint density at radius 3 is 2.39 bits per heavy atom. The summed E-state index contributed by atoms with van der Waals surface area (Å²) in [6, 6.07) is 8.74. The van der Waals surface area contributed by atoms with E-state index in [4.69, 9.17) is 4.52 Å². The Bertz CT molecular complexity index is 1050. The Morgan fingerprint density at radius 1 is 1.06 bits per heavy atom. The van der Waals surface area contributed by atoms with Crippen molar-refractivity contribution in [1.82, 2.24) is 14.4 Å². The van der Waals surface area contributed by atoms with E-state index in [9.17, 15) is 13.2 Å². The maximum atomic E-state index is 13.2. The van der Waals surface area contributed by atoms with E-state index in [1.807, 2.05) is 4.90 Å². The highest BCUT2D eigenvalue weighted by atomic mass is 32.2. The van der Waals surface area contributed by atoms with Crippen LogP contribution in [0.3, 0.4) is 0 Å². The number of benzene rings is 1. The lowest BCUT2D eigenvalue weighted by molar-refractivity contribution is -0.138. The van der Waals surface area contributed by atoms with E-state index in [1.54, 1.807) is 13.8 Å². The van der Waals surface area contributed by atoms with Gasteiger partial charge in [0.1, 0.15) is 10.6 Å². The van der Waals surface area contributed by atoms with Gasteiger partial charge in [-0.1, -0.05) is 35.0 Å². The summed E-state index contributed by atoms with van der Waals surface area (Å²) in [4.78, 5) is 15.3. The molecule has 2 aliphatic heterocycles. The first-order valence-corrected chi connectivity index (χ1v) is 13.5. The maximum absolute atomic E-state index is 13.2. The summed E-state index contributed by atoms with van der Waals surface area (Å²) in [7, 11) is -3.72. The van der Waals surface area contributed by atoms with Gasteiger partial charge in [-0.2, -0.15) is 4.31 Å². The monoisotopic (exact) mass is 473 g/mol. The standard InChI is InChI=1S/C25H35N3O4S/c1-18-6-8-21(9-7-18)10-11-22-12-15-27(16-13-22)25(29)23-5-4-14-28(17-23)33(30,31)24-19(2)26-32-20(24)3/h6-9,22-23H,4-5,10-17H2,1-3H3. The first-order valence-electron chi connectivity index (χ1n) is 12.0. The normalized spacial score (nSPS) is 20.8. The third kappa shape index (κ3) is 5.32. The van der Waals surface area contributed by atoms with Gasteiger partial charge in [-0.15, -0.1) is 0 Å². The van der Waals surface area contributed by atoms with E-state index in [0.29, 0.717) is 30.3 Å². The predicted octanol–water partition coefficient (Wildman–Crippen LogP) is 3.87. The van der Waals surface area contributed by atoms with E-state index in [1.165, 1.54) is 15.4 Å². The Morgan fingerprint density at radius 2 is 1.76 bits per heavy atom. The molecule has 0 N–H and O–H groups in total. The van der Waals surface area contributed by atoms with Gasteiger partial charge in [0.15, 0.2) is 5.76 Å². The smallest absolute Gasteiger partial charge is 0.248 e. The molecule has 0 spiro atoms. The molecule has 1 unspecified atom stereocenters. The van der Waals surface area contributed by atoms with Crippen LogP contribution in [0.15, 0.2) is 33.7 Å². The number of hydrogen-bond donors (Lipinski definition) is 0. The molecule has 1 atom stereocenters. The molecule has 2 saturated heterocycles. The second-order valence-corrected chi connectivity index (χ2v) is 11.5. The van der Waals surface area contributed by atoms with E-state index in [-0.39, 0.29) is 23.3 Å². The number of carbonyl (C=O) groups is 1. The second kappa shape index (κ2) is 9.97. The number of hydrogen-bond acceptors (Lipinski definition) is 5. The van der Waals surface area contributed by atoms with Gasteiger partial charge in [0.25, 0.3) is 0 Å². The average Bonchev–Trinajstić information content (AvgIpc) is 3.17. The van der Waals surface area contributed by atoms with Gasteiger partial charge < -0.3 is 9.42 Å². The van der Waals surface area contributed by atoms with Crippen LogP contribution in [0.4, 0.5) is 0 Å². The minimum atomic E-state index is -3.72. The topological polar surface area (TPSA) is 83.7 Å². The number of nitrogens with zero attached hydrogens (tertiary/aromatic N) is 3. The minimum Gasteiger partial charge on any atom is -0.360 e. The van der Waals surface area contributed by atoms with Crippen molar-refractivity contribution >= 4 is 15.9 Å². The summed E-state index contributed by atoms with van der Waals surface area (Å²) >= 11 is 0. The number of piperidine rings is 2. The van der Waals surface area contributed by atoms with Crippen molar-refractivity contribution in [2.45, 2.75) is 64.2 Å². The van der Waals surface area contributed by atoms with Crippen molar-refractivity contribution in [3.63, 3.8) is 0 Å². The number of carbonyl (C=O) groups excluding carboxylic acids is 1. The van der Waals surface area contributed by atoms with E-state index < -0.39 is 10.0 Å². The Hall–Kier alpha value is -2.19. The van der Waals surface area contributed by atoms with Gasteiger partial charge >= 0.3 is 0 Å². The van der Waals surface area contributed by atoms with Gasteiger partial charge in [-0.05, 0) is 70.8 Å². The van der Waals surface area contributed by atoms with Crippen LogP contribution in [0.2, 0.25) is 0 Å². The Kier molecular flexibility index (Phi) is 7.24. The molecule has 7 nitrogen and oxygen atoms in total. The van der Waals surface area contributed by atoms with Crippen LogP contribution in [0.1, 0.15) is 54.7 Å².